The molecule has 0 aromatic heterocycles. The van der Waals surface area contributed by atoms with Crippen LogP contribution in [0.25, 0.3) is 0 Å². The second kappa shape index (κ2) is 14.2. The molecular formula is C30H32N4O8. The van der Waals surface area contributed by atoms with Crippen LogP contribution in [0.15, 0.2) is 48.5 Å². The minimum absolute atomic E-state index is 0.0833. The number of rotatable bonds is 11. The molecule has 1 saturated heterocycles. The molecule has 0 saturated carbocycles. The molecule has 220 valence electrons. The number of hydrogen-bond donors (Lipinski definition) is 1. The third-order valence-corrected chi connectivity index (χ3v) is 6.55. The summed E-state index contributed by atoms with van der Waals surface area (Å²) in [6, 6.07) is 13.1. The molecule has 0 unspecified atom stereocenters. The number of nitriles is 2. The first-order valence-corrected chi connectivity index (χ1v) is 13.5. The third-order valence-electron chi connectivity index (χ3n) is 6.55. The molecule has 12 nitrogen and oxygen atoms in total. The van der Waals surface area contributed by atoms with Crippen molar-refractivity contribution in [1.82, 2.24) is 10.2 Å². The Labute approximate surface area is 243 Å². The van der Waals surface area contributed by atoms with Gasteiger partial charge >= 0.3 is 23.9 Å². The number of hydrogen-bond acceptors (Lipinski definition) is 12. The Kier molecular flexibility index (Phi) is 10.7. The highest BCUT2D eigenvalue weighted by Gasteiger charge is 2.67. The molecule has 1 aliphatic rings. The standard InChI is InChI=1S/C30H32N4O8/c1-5-39-26(35)23(27(36)40-6-2)34-24(21-13-9-11-19(15-21)17-31)30(28(37)41-7-3,29(38)42-8-4)33-25(34)22-14-10-12-20(16-22)18-32/h9-16,23-25,33H,5-8H2,1-4H3/t24-,25+/m1/s1. The summed E-state index contributed by atoms with van der Waals surface area (Å²) in [5, 5.41) is 22.3. The monoisotopic (exact) mass is 576 g/mol. The molecule has 0 radical (unpaired) electrons. The number of carbonyl (C=O) groups excluding carboxylic acids is 4. The number of ether oxygens (including phenoxy) is 4. The molecule has 1 heterocycles. The van der Waals surface area contributed by atoms with Gasteiger partial charge in [0.25, 0.3) is 0 Å². The van der Waals surface area contributed by atoms with Crippen LogP contribution in [0.5, 0.6) is 0 Å². The van der Waals surface area contributed by atoms with E-state index in [-0.39, 0.29) is 43.1 Å². The van der Waals surface area contributed by atoms with Gasteiger partial charge in [0.05, 0.1) is 61.9 Å². The summed E-state index contributed by atoms with van der Waals surface area (Å²) < 4.78 is 21.4. The van der Waals surface area contributed by atoms with E-state index in [4.69, 9.17) is 18.9 Å². The van der Waals surface area contributed by atoms with Gasteiger partial charge in [0.2, 0.25) is 11.6 Å². The first-order valence-electron chi connectivity index (χ1n) is 13.5. The SMILES string of the molecule is CCOC(=O)C(C(=O)OCC)N1[C@@H](c2cccc(C#N)c2)NC(C(=O)OCC)(C(=O)OCC)[C@H]1c1cccc(C#N)c1. The second-order valence-corrected chi connectivity index (χ2v) is 9.03. The van der Waals surface area contributed by atoms with E-state index in [2.05, 4.69) is 5.32 Å². The molecule has 2 aromatic carbocycles. The lowest BCUT2D eigenvalue weighted by Gasteiger charge is -2.36. The zero-order valence-corrected chi connectivity index (χ0v) is 23.8. The zero-order valence-electron chi connectivity index (χ0n) is 23.8. The average Bonchev–Trinajstić information content (AvgIpc) is 3.35. The molecule has 3 rings (SSSR count). The Morgan fingerprint density at radius 3 is 1.69 bits per heavy atom. The molecule has 0 aliphatic carbocycles. The largest absolute Gasteiger partial charge is 0.464 e. The molecular weight excluding hydrogens is 544 g/mol. The summed E-state index contributed by atoms with van der Waals surface area (Å²) >= 11 is 0. The van der Waals surface area contributed by atoms with Crippen molar-refractivity contribution in [2.75, 3.05) is 26.4 Å². The Hall–Kier alpha value is -4.78. The predicted octanol–water partition coefficient (Wildman–Crippen LogP) is 2.43. The Morgan fingerprint density at radius 1 is 0.786 bits per heavy atom. The van der Waals surface area contributed by atoms with Crippen molar-refractivity contribution < 1.29 is 38.1 Å². The Balaban J connectivity index is 2.49. The number of nitrogens with zero attached hydrogens (tertiary/aromatic N) is 3. The first kappa shape index (κ1) is 31.7. The fourth-order valence-electron chi connectivity index (χ4n) is 4.97. The maximum absolute atomic E-state index is 13.9. The van der Waals surface area contributed by atoms with E-state index >= 15 is 0 Å². The fourth-order valence-corrected chi connectivity index (χ4v) is 4.97. The van der Waals surface area contributed by atoms with Crippen molar-refractivity contribution >= 4 is 23.9 Å². The highest BCUT2D eigenvalue weighted by molar-refractivity contribution is 6.07. The van der Waals surface area contributed by atoms with Gasteiger partial charge in [-0.2, -0.15) is 10.5 Å². The second-order valence-electron chi connectivity index (χ2n) is 9.03. The van der Waals surface area contributed by atoms with E-state index in [9.17, 15) is 29.7 Å². The zero-order chi connectivity index (χ0) is 30.9. The molecule has 2 aromatic rings. The lowest BCUT2D eigenvalue weighted by molar-refractivity contribution is -0.172. The van der Waals surface area contributed by atoms with Crippen molar-refractivity contribution in [3.8, 4) is 12.1 Å². The van der Waals surface area contributed by atoms with E-state index < -0.39 is 47.7 Å². The lowest BCUT2D eigenvalue weighted by atomic mass is 9.84. The van der Waals surface area contributed by atoms with Crippen LogP contribution in [0, 0.1) is 22.7 Å². The van der Waals surface area contributed by atoms with Gasteiger partial charge < -0.3 is 18.9 Å². The van der Waals surface area contributed by atoms with Crippen LogP contribution in [-0.2, 0) is 38.1 Å². The van der Waals surface area contributed by atoms with Crippen LogP contribution in [0.2, 0.25) is 0 Å². The van der Waals surface area contributed by atoms with Gasteiger partial charge in [0, 0.05) is 0 Å². The van der Waals surface area contributed by atoms with Crippen LogP contribution < -0.4 is 5.32 Å². The molecule has 0 amide bonds. The predicted molar refractivity (Wildman–Crippen MR) is 146 cm³/mol. The van der Waals surface area contributed by atoms with Crippen LogP contribution in [-0.4, -0.2) is 66.8 Å². The minimum atomic E-state index is -2.34. The van der Waals surface area contributed by atoms with Gasteiger partial charge in [-0.1, -0.05) is 24.3 Å². The first-order chi connectivity index (χ1) is 20.2. The summed E-state index contributed by atoms with van der Waals surface area (Å²) in [6.07, 6.45) is -1.23. The van der Waals surface area contributed by atoms with Crippen molar-refractivity contribution in [3.05, 3.63) is 70.8 Å². The number of benzene rings is 2. The Bertz CT molecular complexity index is 1380. The third kappa shape index (κ3) is 6.10. The van der Waals surface area contributed by atoms with Gasteiger partial charge in [-0.25, -0.2) is 19.2 Å². The highest BCUT2D eigenvalue weighted by atomic mass is 16.6. The normalized spacial score (nSPS) is 17.5. The van der Waals surface area contributed by atoms with Crippen LogP contribution in [0.1, 0.15) is 62.2 Å². The van der Waals surface area contributed by atoms with Gasteiger partial charge in [0.15, 0.2) is 0 Å². The summed E-state index contributed by atoms with van der Waals surface area (Å²) in [5.41, 5.74) is -1.35. The molecule has 42 heavy (non-hydrogen) atoms. The summed E-state index contributed by atoms with van der Waals surface area (Å²) in [5.74, 6) is -4.06. The van der Waals surface area contributed by atoms with E-state index in [1.54, 1.807) is 58.0 Å². The molecule has 0 bridgehead atoms. The molecule has 1 aliphatic heterocycles. The maximum atomic E-state index is 13.9. The van der Waals surface area contributed by atoms with Gasteiger partial charge in [-0.3, -0.25) is 10.2 Å². The van der Waals surface area contributed by atoms with Crippen LogP contribution >= 0.6 is 0 Å². The summed E-state index contributed by atoms with van der Waals surface area (Å²) in [4.78, 5) is 56.2. The van der Waals surface area contributed by atoms with E-state index in [1.165, 1.54) is 23.1 Å². The van der Waals surface area contributed by atoms with Crippen molar-refractivity contribution in [2.45, 2.75) is 51.5 Å². The lowest BCUT2D eigenvalue weighted by Crippen LogP contribution is -2.60. The molecule has 1 N–H and O–H groups in total. The molecule has 2 atom stereocenters. The smallest absolute Gasteiger partial charge is 0.340 e. The highest BCUT2D eigenvalue weighted by Crippen LogP contribution is 2.48. The van der Waals surface area contributed by atoms with E-state index in [0.717, 1.165) is 0 Å². The van der Waals surface area contributed by atoms with Crippen LogP contribution in [0.3, 0.4) is 0 Å². The number of carbonyl (C=O) groups is 4. The number of esters is 4. The average molecular weight is 577 g/mol. The van der Waals surface area contributed by atoms with Gasteiger partial charge in [0.1, 0.15) is 0 Å². The van der Waals surface area contributed by atoms with Crippen molar-refractivity contribution in [1.29, 1.82) is 10.5 Å². The molecule has 1 fully saturated rings. The Morgan fingerprint density at radius 2 is 1.24 bits per heavy atom. The van der Waals surface area contributed by atoms with E-state index in [1.807, 2.05) is 12.1 Å². The van der Waals surface area contributed by atoms with Gasteiger partial charge in [-0.15, -0.1) is 0 Å². The topological polar surface area (TPSA) is 168 Å². The van der Waals surface area contributed by atoms with Gasteiger partial charge in [-0.05, 0) is 63.1 Å². The summed E-state index contributed by atoms with van der Waals surface area (Å²) in [7, 11) is 0. The van der Waals surface area contributed by atoms with Crippen LogP contribution in [0.4, 0.5) is 0 Å². The molecule has 0 spiro atoms. The fraction of sp³-hybridized carbons (Fsp3) is 0.400. The van der Waals surface area contributed by atoms with E-state index in [0.29, 0.717) is 5.56 Å². The number of nitrogens with one attached hydrogen (secondary N) is 1. The molecule has 12 heteroatoms. The van der Waals surface area contributed by atoms with Crippen molar-refractivity contribution in [2.24, 2.45) is 0 Å². The minimum Gasteiger partial charge on any atom is -0.464 e. The van der Waals surface area contributed by atoms with Crippen molar-refractivity contribution in [3.63, 3.8) is 0 Å². The maximum Gasteiger partial charge on any atom is 0.340 e. The quantitative estimate of drug-likeness (QED) is 0.236. The summed E-state index contributed by atoms with van der Waals surface area (Å²) in [6.45, 7) is 5.85.